The molecule has 0 aliphatic carbocycles. The highest BCUT2D eigenvalue weighted by molar-refractivity contribution is 5.49. The van der Waals surface area contributed by atoms with E-state index in [1.54, 1.807) is 6.07 Å². The molecule has 0 amide bonds. The lowest BCUT2D eigenvalue weighted by molar-refractivity contribution is 0.395. The maximum atomic E-state index is 5.66. The lowest BCUT2D eigenvalue weighted by Crippen LogP contribution is -2.28. The Kier molecular flexibility index (Phi) is 3.33. The van der Waals surface area contributed by atoms with Crippen LogP contribution in [-0.4, -0.2) is 48.6 Å². The van der Waals surface area contributed by atoms with Crippen LogP contribution >= 0.6 is 0 Å². The summed E-state index contributed by atoms with van der Waals surface area (Å²) in [6.45, 7) is 3.28. The van der Waals surface area contributed by atoms with E-state index in [-0.39, 0.29) is 5.95 Å². The van der Waals surface area contributed by atoms with Gasteiger partial charge in [0.1, 0.15) is 11.6 Å². The van der Waals surface area contributed by atoms with Crippen molar-refractivity contribution in [1.29, 1.82) is 0 Å². The number of hydrogen-bond donors (Lipinski definition) is 2. The molecule has 0 aromatic carbocycles. The number of anilines is 3. The summed E-state index contributed by atoms with van der Waals surface area (Å²) >= 11 is 0. The van der Waals surface area contributed by atoms with Crippen LogP contribution in [0.3, 0.4) is 0 Å². The molecule has 94 valence electrons. The standard InChI is InChI=1S/C11H20N6/c1-16-4-3-8(6-16)7-17(2)10-5-9(12)14-11(13)15-10/h5,8H,3-4,6-7H2,1-2H3,(H4,12,13,14,15). The molecule has 1 aromatic heterocycles. The molecule has 1 aliphatic rings. The van der Waals surface area contributed by atoms with E-state index in [4.69, 9.17) is 11.5 Å². The fraction of sp³-hybridized carbons (Fsp3) is 0.636. The van der Waals surface area contributed by atoms with Gasteiger partial charge in [0.2, 0.25) is 5.95 Å². The predicted molar refractivity (Wildman–Crippen MR) is 69.7 cm³/mol. The minimum Gasteiger partial charge on any atom is -0.383 e. The van der Waals surface area contributed by atoms with Crippen LogP contribution in [0.25, 0.3) is 0 Å². The monoisotopic (exact) mass is 236 g/mol. The Bertz CT molecular complexity index is 373. The topological polar surface area (TPSA) is 84.3 Å². The summed E-state index contributed by atoms with van der Waals surface area (Å²) in [6.07, 6.45) is 1.23. The molecule has 6 nitrogen and oxygen atoms in total. The zero-order chi connectivity index (χ0) is 12.4. The molecule has 2 rings (SSSR count). The van der Waals surface area contributed by atoms with Crippen LogP contribution < -0.4 is 16.4 Å². The number of nitrogens with two attached hydrogens (primary N) is 2. The Hall–Kier alpha value is -1.56. The Morgan fingerprint density at radius 3 is 2.82 bits per heavy atom. The molecule has 1 atom stereocenters. The smallest absolute Gasteiger partial charge is 0.223 e. The number of aromatic nitrogens is 2. The van der Waals surface area contributed by atoms with Crippen LogP contribution in [-0.2, 0) is 0 Å². The van der Waals surface area contributed by atoms with Crippen molar-refractivity contribution in [1.82, 2.24) is 14.9 Å². The number of rotatable bonds is 3. The molecule has 1 saturated heterocycles. The summed E-state index contributed by atoms with van der Waals surface area (Å²) in [5.74, 6) is 2.13. The zero-order valence-electron chi connectivity index (χ0n) is 10.4. The summed E-state index contributed by atoms with van der Waals surface area (Å²) < 4.78 is 0. The molecule has 0 saturated carbocycles. The number of nitrogens with zero attached hydrogens (tertiary/aromatic N) is 4. The van der Waals surface area contributed by atoms with Crippen LogP contribution in [0.1, 0.15) is 6.42 Å². The molecule has 0 radical (unpaired) electrons. The maximum Gasteiger partial charge on any atom is 0.223 e. The van der Waals surface area contributed by atoms with Crippen LogP contribution in [0.15, 0.2) is 6.07 Å². The van der Waals surface area contributed by atoms with Gasteiger partial charge in [-0.15, -0.1) is 0 Å². The maximum absolute atomic E-state index is 5.66. The van der Waals surface area contributed by atoms with Crippen molar-refractivity contribution in [2.75, 3.05) is 50.1 Å². The average molecular weight is 236 g/mol. The molecule has 1 aromatic rings. The van der Waals surface area contributed by atoms with Gasteiger partial charge in [-0.1, -0.05) is 0 Å². The fourth-order valence-corrected chi connectivity index (χ4v) is 2.32. The second kappa shape index (κ2) is 4.75. The van der Waals surface area contributed by atoms with E-state index < -0.39 is 0 Å². The van der Waals surface area contributed by atoms with E-state index in [1.165, 1.54) is 13.0 Å². The molecule has 17 heavy (non-hydrogen) atoms. The normalized spacial score (nSPS) is 20.7. The molecule has 0 bridgehead atoms. The molecular weight excluding hydrogens is 216 g/mol. The van der Waals surface area contributed by atoms with E-state index in [9.17, 15) is 0 Å². The van der Waals surface area contributed by atoms with Crippen molar-refractivity contribution in [2.24, 2.45) is 5.92 Å². The van der Waals surface area contributed by atoms with E-state index >= 15 is 0 Å². The van der Waals surface area contributed by atoms with Gasteiger partial charge in [-0.2, -0.15) is 9.97 Å². The second-order valence-corrected chi connectivity index (χ2v) is 4.81. The Labute approximate surface area is 102 Å². The summed E-state index contributed by atoms with van der Waals surface area (Å²) in [7, 11) is 4.17. The lowest BCUT2D eigenvalue weighted by atomic mass is 10.1. The Morgan fingerprint density at radius 1 is 1.47 bits per heavy atom. The van der Waals surface area contributed by atoms with E-state index in [1.807, 2.05) is 7.05 Å². The van der Waals surface area contributed by atoms with Gasteiger partial charge in [0.25, 0.3) is 0 Å². The Morgan fingerprint density at radius 2 is 2.24 bits per heavy atom. The van der Waals surface area contributed by atoms with E-state index in [0.29, 0.717) is 11.7 Å². The highest BCUT2D eigenvalue weighted by Gasteiger charge is 2.21. The van der Waals surface area contributed by atoms with Gasteiger partial charge in [-0.25, -0.2) is 0 Å². The van der Waals surface area contributed by atoms with Crippen molar-refractivity contribution in [3.63, 3.8) is 0 Å². The van der Waals surface area contributed by atoms with Crippen molar-refractivity contribution >= 4 is 17.6 Å². The third-order valence-corrected chi connectivity index (χ3v) is 3.16. The van der Waals surface area contributed by atoms with Gasteiger partial charge in [0.05, 0.1) is 0 Å². The first-order valence-electron chi connectivity index (χ1n) is 5.84. The SMILES string of the molecule is CN1CCC(CN(C)c2cc(N)nc(N)n2)C1. The molecule has 1 fully saturated rings. The molecule has 1 aliphatic heterocycles. The molecule has 2 heterocycles. The third-order valence-electron chi connectivity index (χ3n) is 3.16. The van der Waals surface area contributed by atoms with Gasteiger partial charge in [0.15, 0.2) is 0 Å². The average Bonchev–Trinajstić information content (AvgIpc) is 2.62. The number of nitrogen functional groups attached to an aromatic ring is 2. The van der Waals surface area contributed by atoms with Crippen molar-refractivity contribution in [3.05, 3.63) is 6.07 Å². The zero-order valence-corrected chi connectivity index (χ0v) is 10.4. The highest BCUT2D eigenvalue weighted by atomic mass is 15.2. The molecule has 0 spiro atoms. The highest BCUT2D eigenvalue weighted by Crippen LogP contribution is 2.19. The summed E-state index contributed by atoms with van der Waals surface area (Å²) in [4.78, 5) is 12.5. The van der Waals surface area contributed by atoms with Crippen molar-refractivity contribution in [3.8, 4) is 0 Å². The quantitative estimate of drug-likeness (QED) is 0.770. The first-order chi connectivity index (χ1) is 8.04. The lowest BCUT2D eigenvalue weighted by Gasteiger charge is -2.22. The van der Waals surface area contributed by atoms with E-state index in [2.05, 4.69) is 26.8 Å². The molecule has 6 heteroatoms. The van der Waals surface area contributed by atoms with Gasteiger partial charge in [-0.05, 0) is 25.9 Å². The first-order valence-corrected chi connectivity index (χ1v) is 5.84. The molecule has 4 N–H and O–H groups in total. The fourth-order valence-electron chi connectivity index (χ4n) is 2.32. The Balaban J connectivity index is 2.01. The van der Waals surface area contributed by atoms with Gasteiger partial charge in [-0.3, -0.25) is 0 Å². The van der Waals surface area contributed by atoms with Gasteiger partial charge >= 0.3 is 0 Å². The number of likely N-dealkylation sites (tertiary alicyclic amines) is 1. The largest absolute Gasteiger partial charge is 0.383 e. The minimum atomic E-state index is 0.232. The van der Waals surface area contributed by atoms with Crippen molar-refractivity contribution in [2.45, 2.75) is 6.42 Å². The van der Waals surface area contributed by atoms with Crippen LogP contribution in [0, 0.1) is 5.92 Å². The second-order valence-electron chi connectivity index (χ2n) is 4.81. The van der Waals surface area contributed by atoms with E-state index in [0.717, 1.165) is 18.9 Å². The molecular formula is C11H20N6. The minimum absolute atomic E-state index is 0.232. The van der Waals surface area contributed by atoms with Gasteiger partial charge in [0, 0.05) is 26.2 Å². The predicted octanol–water partition coefficient (Wildman–Crippen LogP) is 0.0289. The summed E-state index contributed by atoms with van der Waals surface area (Å²) in [5, 5.41) is 0. The van der Waals surface area contributed by atoms with Crippen LogP contribution in [0.2, 0.25) is 0 Å². The third kappa shape index (κ3) is 2.97. The van der Waals surface area contributed by atoms with Crippen molar-refractivity contribution < 1.29 is 0 Å². The number of hydrogen-bond acceptors (Lipinski definition) is 6. The van der Waals surface area contributed by atoms with Gasteiger partial charge < -0.3 is 21.3 Å². The molecule has 1 unspecified atom stereocenters. The first kappa shape index (κ1) is 11.9. The van der Waals surface area contributed by atoms with Crippen LogP contribution in [0.5, 0.6) is 0 Å². The van der Waals surface area contributed by atoms with Crippen LogP contribution in [0.4, 0.5) is 17.6 Å². The summed E-state index contributed by atoms with van der Waals surface area (Å²) in [5.41, 5.74) is 11.3. The summed E-state index contributed by atoms with van der Waals surface area (Å²) in [6, 6.07) is 1.76.